The predicted octanol–water partition coefficient (Wildman–Crippen LogP) is 2.88. The summed E-state index contributed by atoms with van der Waals surface area (Å²) in [6.07, 6.45) is -3.38. The van der Waals surface area contributed by atoms with Gasteiger partial charge in [0.05, 0.1) is 22.2 Å². The van der Waals surface area contributed by atoms with Crippen molar-refractivity contribution >= 4 is 75.2 Å². The van der Waals surface area contributed by atoms with Crippen molar-refractivity contribution in [2.75, 3.05) is 6.61 Å². The monoisotopic (exact) mass is 686 g/mol. The van der Waals surface area contributed by atoms with E-state index >= 15 is 0 Å². The highest BCUT2D eigenvalue weighted by Crippen LogP contribution is 2.43. The number of fused-ring (bicyclic) bond motifs is 2. The van der Waals surface area contributed by atoms with Gasteiger partial charge in [0, 0.05) is 62.0 Å². The Bertz CT molecular complexity index is 2120. The third kappa shape index (κ3) is 6.14. The zero-order valence-corrected chi connectivity index (χ0v) is 27.1. The highest BCUT2D eigenvalue weighted by Gasteiger charge is 2.53. The molecule has 0 radical (unpaired) electrons. The number of carbonyl (C=O) groups is 7. The summed E-state index contributed by atoms with van der Waals surface area (Å²) in [7, 11) is 0. The summed E-state index contributed by atoms with van der Waals surface area (Å²) in [5.74, 6) is -4.92. The Hall–Kier alpha value is -6.09. The van der Waals surface area contributed by atoms with Crippen LogP contribution >= 0.6 is 0 Å². The van der Waals surface area contributed by atoms with Gasteiger partial charge in [0.15, 0.2) is 24.5 Å². The number of esters is 6. The van der Waals surface area contributed by atoms with Crippen LogP contribution in [0.4, 0.5) is 0 Å². The lowest BCUT2D eigenvalue weighted by Crippen LogP contribution is -2.60. The number of cyclic esters (lactones) is 2. The van der Waals surface area contributed by atoms with E-state index in [1.165, 1.54) is 21.5 Å². The van der Waals surface area contributed by atoms with Crippen LogP contribution in [0, 0.1) is 0 Å². The highest BCUT2D eigenvalue weighted by molar-refractivity contribution is 6.46. The third-order valence-electron chi connectivity index (χ3n) is 8.22. The van der Waals surface area contributed by atoms with Gasteiger partial charge in [0.2, 0.25) is 6.41 Å². The molecule has 258 valence electrons. The number of nitrogens with zero attached hydrogens (tertiary/aromatic N) is 2. The lowest BCUT2D eigenvalue weighted by Gasteiger charge is -2.44. The molecule has 0 aliphatic carbocycles. The standard InChI is InChI=1S/C35H30N2O13/c1-17(39)45-15-27-30(46-18(2)40)31(47-19(3)41)32(48-20(4)42)33(49-27)37-14-24(22-10-6-8-12-26(22)37)29-28(34(43)50-35(29)44)23-13-36(16-38)25-11-7-5-9-21(23)25/h5-14,16,27,30-33H,15H2,1-4H3/t27-,30+,31+,32-,33-/m1/s1. The molecule has 50 heavy (non-hydrogen) atoms. The molecule has 1 fully saturated rings. The lowest BCUT2D eigenvalue weighted by molar-refractivity contribution is -0.267. The van der Waals surface area contributed by atoms with Crippen LogP contribution in [0.5, 0.6) is 0 Å². The molecule has 2 aliphatic rings. The summed E-state index contributed by atoms with van der Waals surface area (Å²) < 4.78 is 36.3. The van der Waals surface area contributed by atoms with Crippen molar-refractivity contribution in [3.63, 3.8) is 0 Å². The van der Waals surface area contributed by atoms with Crippen LogP contribution in [0.3, 0.4) is 0 Å². The normalized spacial score (nSPS) is 22.0. The number of benzene rings is 2. The second-order valence-electron chi connectivity index (χ2n) is 11.6. The quantitative estimate of drug-likeness (QED) is 0.108. The van der Waals surface area contributed by atoms with Crippen molar-refractivity contribution in [1.29, 1.82) is 0 Å². The van der Waals surface area contributed by atoms with Crippen molar-refractivity contribution in [3.8, 4) is 0 Å². The Morgan fingerprint density at radius 2 is 1.22 bits per heavy atom. The van der Waals surface area contributed by atoms with E-state index in [9.17, 15) is 33.6 Å². The second-order valence-corrected chi connectivity index (χ2v) is 11.6. The first-order valence-corrected chi connectivity index (χ1v) is 15.4. The number of carbonyl (C=O) groups excluding carboxylic acids is 7. The van der Waals surface area contributed by atoms with E-state index in [2.05, 4.69) is 0 Å². The number of rotatable bonds is 9. The fraction of sp³-hybridized carbons (Fsp3) is 0.286. The van der Waals surface area contributed by atoms with Gasteiger partial charge < -0.3 is 33.0 Å². The second kappa shape index (κ2) is 13.4. The van der Waals surface area contributed by atoms with Crippen molar-refractivity contribution in [3.05, 3.63) is 72.1 Å². The maximum absolute atomic E-state index is 13.5. The average Bonchev–Trinajstić information content (AvgIpc) is 3.71. The molecule has 0 bridgehead atoms. The summed E-state index contributed by atoms with van der Waals surface area (Å²) in [6, 6.07) is 13.6. The highest BCUT2D eigenvalue weighted by atomic mass is 16.7. The van der Waals surface area contributed by atoms with Gasteiger partial charge in [0.25, 0.3) is 0 Å². The molecular formula is C35H30N2O13. The molecule has 2 aliphatic heterocycles. The molecule has 15 heteroatoms. The molecule has 4 aromatic rings. The van der Waals surface area contributed by atoms with Crippen LogP contribution in [-0.4, -0.2) is 82.4 Å². The maximum atomic E-state index is 13.5. The van der Waals surface area contributed by atoms with E-state index in [-0.39, 0.29) is 22.3 Å². The van der Waals surface area contributed by atoms with E-state index in [4.69, 9.17) is 28.4 Å². The molecule has 1 saturated heterocycles. The maximum Gasteiger partial charge on any atom is 0.347 e. The molecule has 6 rings (SSSR count). The molecule has 2 aromatic heterocycles. The van der Waals surface area contributed by atoms with Gasteiger partial charge in [0.1, 0.15) is 12.7 Å². The van der Waals surface area contributed by atoms with Crippen molar-refractivity contribution in [1.82, 2.24) is 9.13 Å². The number of para-hydroxylation sites is 2. The van der Waals surface area contributed by atoms with Gasteiger partial charge in [-0.05, 0) is 12.1 Å². The Kier molecular flexibility index (Phi) is 9.08. The van der Waals surface area contributed by atoms with Crippen LogP contribution in [0.15, 0.2) is 60.9 Å². The minimum Gasteiger partial charge on any atom is -0.463 e. The molecule has 0 unspecified atom stereocenters. The lowest BCUT2D eigenvalue weighted by atomic mass is 9.95. The molecule has 0 spiro atoms. The number of hydrogen-bond donors (Lipinski definition) is 0. The van der Waals surface area contributed by atoms with Crippen LogP contribution in [-0.2, 0) is 62.0 Å². The fourth-order valence-corrected chi connectivity index (χ4v) is 6.41. The van der Waals surface area contributed by atoms with Gasteiger partial charge in [-0.2, -0.15) is 0 Å². The van der Waals surface area contributed by atoms with E-state index < -0.39 is 73.1 Å². The van der Waals surface area contributed by atoms with Crippen LogP contribution in [0.2, 0.25) is 0 Å². The van der Waals surface area contributed by atoms with Crippen molar-refractivity contribution in [2.24, 2.45) is 0 Å². The van der Waals surface area contributed by atoms with Gasteiger partial charge in [-0.3, -0.25) is 28.5 Å². The zero-order valence-electron chi connectivity index (χ0n) is 27.1. The summed E-state index contributed by atoms with van der Waals surface area (Å²) in [5.41, 5.74) is 1.22. The van der Waals surface area contributed by atoms with Gasteiger partial charge >= 0.3 is 35.8 Å². The number of ether oxygens (including phenoxy) is 6. The average molecular weight is 687 g/mol. The largest absolute Gasteiger partial charge is 0.463 e. The first kappa shape index (κ1) is 33.8. The van der Waals surface area contributed by atoms with E-state index in [1.54, 1.807) is 48.5 Å². The molecule has 0 amide bonds. The van der Waals surface area contributed by atoms with Crippen LogP contribution in [0.25, 0.3) is 33.0 Å². The molecule has 15 nitrogen and oxygen atoms in total. The molecular weight excluding hydrogens is 656 g/mol. The predicted molar refractivity (Wildman–Crippen MR) is 171 cm³/mol. The van der Waals surface area contributed by atoms with Crippen molar-refractivity contribution < 1.29 is 62.0 Å². The number of aromatic nitrogens is 2. The van der Waals surface area contributed by atoms with E-state index in [0.29, 0.717) is 28.2 Å². The van der Waals surface area contributed by atoms with Crippen LogP contribution < -0.4 is 0 Å². The number of hydrogen-bond acceptors (Lipinski definition) is 13. The minimum absolute atomic E-state index is 0.0868. The minimum atomic E-state index is -1.45. The summed E-state index contributed by atoms with van der Waals surface area (Å²) in [6.45, 7) is 4.07. The third-order valence-corrected chi connectivity index (χ3v) is 8.22. The van der Waals surface area contributed by atoms with E-state index in [0.717, 1.165) is 27.7 Å². The SMILES string of the molecule is CC(=O)OC[C@H]1O[C@@H](n2cc(C3=C(c4cn(C=O)c5ccccc45)C(=O)OC3=O)c3ccccc32)[C@H](OC(C)=O)[C@@H](OC(C)=O)[C@H]1OC(C)=O. The van der Waals surface area contributed by atoms with Gasteiger partial charge in [-0.1, -0.05) is 36.4 Å². The van der Waals surface area contributed by atoms with Gasteiger partial charge in [-0.25, -0.2) is 9.59 Å². The Morgan fingerprint density at radius 3 is 1.80 bits per heavy atom. The summed E-state index contributed by atoms with van der Waals surface area (Å²) in [4.78, 5) is 87.7. The molecule has 2 aromatic carbocycles. The molecule has 4 heterocycles. The zero-order chi connectivity index (χ0) is 35.9. The topological polar surface area (TPSA) is 185 Å². The van der Waals surface area contributed by atoms with Gasteiger partial charge in [-0.15, -0.1) is 0 Å². The fourth-order valence-electron chi connectivity index (χ4n) is 6.41. The Morgan fingerprint density at radius 1 is 0.700 bits per heavy atom. The summed E-state index contributed by atoms with van der Waals surface area (Å²) in [5, 5.41) is 0.959. The van der Waals surface area contributed by atoms with Crippen molar-refractivity contribution in [2.45, 2.75) is 58.3 Å². The van der Waals surface area contributed by atoms with E-state index in [1.807, 2.05) is 0 Å². The first-order valence-electron chi connectivity index (χ1n) is 15.4. The smallest absolute Gasteiger partial charge is 0.347 e. The summed E-state index contributed by atoms with van der Waals surface area (Å²) >= 11 is 0. The molecule has 5 atom stereocenters. The Balaban J connectivity index is 1.58. The molecule has 0 saturated carbocycles. The molecule has 0 N–H and O–H groups in total. The van der Waals surface area contributed by atoms with Crippen LogP contribution in [0.1, 0.15) is 45.0 Å². The Labute approximate surface area is 283 Å². The first-order chi connectivity index (χ1) is 23.9.